The van der Waals surface area contributed by atoms with Gasteiger partial charge in [0, 0.05) is 22.1 Å². The summed E-state index contributed by atoms with van der Waals surface area (Å²) < 4.78 is 22.9. The molecule has 0 saturated heterocycles. The van der Waals surface area contributed by atoms with Crippen molar-refractivity contribution in [2.24, 2.45) is 19.0 Å². The van der Waals surface area contributed by atoms with Crippen LogP contribution in [0.25, 0.3) is 46.4 Å². The van der Waals surface area contributed by atoms with Crippen LogP contribution < -0.4 is 23.5 Å². The maximum absolute atomic E-state index is 5.57. The first-order valence-corrected chi connectivity index (χ1v) is 13.9. The van der Waals surface area contributed by atoms with Crippen LogP contribution >= 0.6 is 0 Å². The van der Waals surface area contributed by atoms with Crippen molar-refractivity contribution in [1.82, 2.24) is 19.9 Å². The van der Waals surface area contributed by atoms with E-state index in [4.69, 9.17) is 19.0 Å². The van der Waals surface area contributed by atoms with Gasteiger partial charge in [-0.15, -0.1) is 0 Å². The third kappa shape index (κ3) is 5.82. The van der Waals surface area contributed by atoms with Gasteiger partial charge in [-0.05, 0) is 72.8 Å². The molecule has 8 bridgehead atoms. The zero-order valence-electron chi connectivity index (χ0n) is 18.9. The summed E-state index contributed by atoms with van der Waals surface area (Å²) in [6.07, 6.45) is 8.09. The van der Waals surface area contributed by atoms with Gasteiger partial charge in [0.25, 0.3) is 0 Å². The Balaban J connectivity index is 0.000000195. The van der Waals surface area contributed by atoms with Gasteiger partial charge in [-0.3, -0.25) is 0 Å². The van der Waals surface area contributed by atoms with Crippen molar-refractivity contribution in [3.8, 4) is 0 Å². The fraction of sp³-hybridized carbons (Fsp3) is 0. The van der Waals surface area contributed by atoms with Gasteiger partial charge in [-0.2, -0.15) is 0 Å². The van der Waals surface area contributed by atoms with Crippen molar-refractivity contribution < 1.29 is 12.7 Å². The third-order valence-electron chi connectivity index (χ3n) is 5.24. The molecule has 2 aliphatic rings. The molecule has 2 aliphatic heterocycles. The van der Waals surface area contributed by atoms with Crippen LogP contribution in [-0.4, -0.2) is 19.9 Å². The summed E-state index contributed by atoms with van der Waals surface area (Å²) >= 11 is -3.61. The number of aromatic amines is 2. The van der Waals surface area contributed by atoms with Gasteiger partial charge >= 0.3 is 66.5 Å². The monoisotopic (exact) mass is 507 g/mol. The predicted octanol–water partition coefficient (Wildman–Crippen LogP) is 3.15. The molecule has 6 rings (SSSR count). The number of nitrogens with two attached hydrogens (primary N) is 4. The van der Waals surface area contributed by atoms with E-state index in [1.165, 1.54) is 0 Å². The number of fused-ring (bicyclic) bond motifs is 8. The van der Waals surface area contributed by atoms with Crippen LogP contribution in [0.2, 0.25) is 0 Å². The Hall–Kier alpha value is -3.82. The van der Waals surface area contributed by atoms with E-state index in [1.807, 2.05) is 54.6 Å². The molecule has 0 aliphatic carbocycles. The first-order chi connectivity index (χ1) is 16.7. The molecule has 0 unspecified atom stereocenters. The van der Waals surface area contributed by atoms with Gasteiger partial charge in [-0.1, -0.05) is 0 Å². The van der Waals surface area contributed by atoms with Crippen LogP contribution in [0.5, 0.6) is 0 Å². The second kappa shape index (κ2) is 8.75. The summed E-state index contributed by atoms with van der Waals surface area (Å²) in [5.41, 5.74) is 7.86. The van der Waals surface area contributed by atoms with Gasteiger partial charge in [0.2, 0.25) is 0 Å². The summed E-state index contributed by atoms with van der Waals surface area (Å²) in [5, 5.41) is 0. The molecule has 0 saturated carbocycles. The van der Waals surface area contributed by atoms with Crippen LogP contribution in [0.3, 0.4) is 0 Å². The molecule has 0 amide bonds. The number of nitrogens with one attached hydrogen (secondary N) is 2. The molecule has 8 nitrogen and oxygen atoms in total. The van der Waals surface area contributed by atoms with E-state index in [0.717, 1.165) is 44.8 Å². The molecule has 0 spiro atoms. The molecule has 0 atom stereocenters. The SMILES string of the molecule is C1=Cc2cc3ccc(cc4nc(cc5ccc(cc1n2)[nH]5)C=C4)[nH]3.[NH2][Fe]([NH2])([NH2])([NH2])[c]1ccccc1. The molecule has 179 valence electrons. The van der Waals surface area contributed by atoms with Gasteiger partial charge < -0.3 is 9.97 Å². The van der Waals surface area contributed by atoms with E-state index in [-0.39, 0.29) is 0 Å². The Bertz CT molecular complexity index is 1420. The second-order valence-corrected chi connectivity index (χ2v) is 12.4. The zero-order valence-corrected chi connectivity index (χ0v) is 20.0. The molecular weight excluding hydrogens is 480 g/mol. The van der Waals surface area contributed by atoms with Crippen LogP contribution in [0.1, 0.15) is 22.8 Å². The minimum absolute atomic E-state index is 0.635. The molecule has 9 heteroatoms. The van der Waals surface area contributed by atoms with Gasteiger partial charge in [0.1, 0.15) is 0 Å². The number of aromatic nitrogens is 4. The Morgan fingerprint density at radius 2 is 0.829 bits per heavy atom. The quantitative estimate of drug-likeness (QED) is 0.187. The first-order valence-electron chi connectivity index (χ1n) is 10.8. The van der Waals surface area contributed by atoms with Crippen LogP contribution in [-0.2, 0) is 12.7 Å². The van der Waals surface area contributed by atoms with Gasteiger partial charge in [0.15, 0.2) is 0 Å². The average molecular weight is 507 g/mol. The standard InChI is InChI=1S/C20H14N4.C6H5.Fe.4H2N/c1-2-14-10-16-5-6-18(23-16)12-20-8-7-19(24-20)11-17-4-3-15(22-17)9-13(1)21-14;1-2-4-6-5-3-1;;;;;/h1-12,21,24H;1-5H;;4*1H2/q;;+4;4*-1. The fourth-order valence-corrected chi connectivity index (χ4v) is 4.69. The fourth-order valence-electron chi connectivity index (χ4n) is 3.63. The first kappa shape index (κ1) is 22.9. The number of hydrogen-bond acceptors (Lipinski definition) is 6. The molecular formula is C26H27FeN8. The summed E-state index contributed by atoms with van der Waals surface area (Å²) in [7, 11) is 0. The van der Waals surface area contributed by atoms with E-state index in [0.29, 0.717) is 4.46 Å². The van der Waals surface area contributed by atoms with Crippen molar-refractivity contribution in [3.05, 3.63) is 102 Å². The second-order valence-electron chi connectivity index (χ2n) is 8.30. The molecule has 1 aromatic carbocycles. The molecule has 5 heterocycles. The van der Waals surface area contributed by atoms with Gasteiger partial charge in [0.05, 0.1) is 22.8 Å². The van der Waals surface area contributed by atoms with Crippen LogP contribution in [0, 0.1) is 0 Å². The normalized spacial score (nSPS) is 13.5. The Morgan fingerprint density at radius 1 is 0.486 bits per heavy atom. The Kier molecular flexibility index (Phi) is 5.74. The summed E-state index contributed by atoms with van der Waals surface area (Å²) in [5.74, 6) is 0. The van der Waals surface area contributed by atoms with Crippen LogP contribution in [0.4, 0.5) is 0 Å². The molecule has 35 heavy (non-hydrogen) atoms. The third-order valence-corrected chi connectivity index (χ3v) is 7.08. The van der Waals surface area contributed by atoms with E-state index < -0.39 is 12.7 Å². The van der Waals surface area contributed by atoms with Gasteiger partial charge in [-0.25, -0.2) is 9.97 Å². The zero-order chi connectivity index (χ0) is 24.5. The number of H-pyrrole nitrogens is 2. The number of rotatable bonds is 1. The van der Waals surface area contributed by atoms with Crippen molar-refractivity contribution in [3.63, 3.8) is 0 Å². The average Bonchev–Trinajstić information content (AvgIpc) is 3.60. The van der Waals surface area contributed by atoms with Crippen molar-refractivity contribution in [1.29, 1.82) is 0 Å². The minimum atomic E-state index is -3.61. The van der Waals surface area contributed by atoms with E-state index in [9.17, 15) is 0 Å². The summed E-state index contributed by atoms with van der Waals surface area (Å²) in [6.45, 7) is 0. The van der Waals surface area contributed by atoms with E-state index >= 15 is 0 Å². The van der Waals surface area contributed by atoms with Crippen molar-refractivity contribution >= 4 is 50.8 Å². The molecule has 10 N–H and O–H groups in total. The predicted molar refractivity (Wildman–Crippen MR) is 142 cm³/mol. The number of benzene rings is 1. The molecule has 0 fully saturated rings. The van der Waals surface area contributed by atoms with Crippen LogP contribution in [0.15, 0.2) is 78.9 Å². The van der Waals surface area contributed by atoms with E-state index in [1.54, 1.807) is 24.3 Å². The molecule has 3 aromatic heterocycles. The Morgan fingerprint density at radius 3 is 1.11 bits per heavy atom. The number of nitrogens with zero attached hydrogens (tertiary/aromatic N) is 2. The summed E-state index contributed by atoms with van der Waals surface area (Å²) in [4.78, 5) is 16.0. The number of hydrogen-bond donors (Lipinski definition) is 6. The van der Waals surface area contributed by atoms with Crippen molar-refractivity contribution in [2.45, 2.75) is 0 Å². The maximum atomic E-state index is 5.57. The van der Waals surface area contributed by atoms with Crippen molar-refractivity contribution in [2.75, 3.05) is 0 Å². The Labute approximate surface area is 203 Å². The topological polar surface area (TPSA) is 161 Å². The van der Waals surface area contributed by atoms with E-state index in [2.05, 4.69) is 44.2 Å². The summed E-state index contributed by atoms with van der Waals surface area (Å²) in [6, 6.07) is 25.3. The molecule has 0 radical (unpaired) electrons. The molecule has 4 aromatic rings.